The number of phenols is 1. The molecule has 2 aliphatic rings. The average Bonchev–Trinajstić information content (AvgIpc) is 2.88. The maximum absolute atomic E-state index is 10.3. The molecule has 0 saturated heterocycles. The Morgan fingerprint density at radius 1 is 1.25 bits per heavy atom. The Kier molecular flexibility index (Phi) is 4.28. The largest absolute Gasteiger partial charge is 1.00 e. The molecule has 1 unspecified atom stereocenters. The lowest BCUT2D eigenvalue weighted by Gasteiger charge is -2.25. The molecule has 0 amide bonds. The molecule has 0 fully saturated rings. The molecular weight excluding hydrogens is 375 g/mol. The van der Waals surface area contributed by atoms with Crippen molar-refractivity contribution in [1.29, 1.82) is 0 Å². The highest BCUT2D eigenvalue weighted by molar-refractivity contribution is 6.04. The number of benzene rings is 1. The van der Waals surface area contributed by atoms with E-state index in [1.165, 1.54) is 4.90 Å². The van der Waals surface area contributed by atoms with Crippen molar-refractivity contribution in [2.75, 3.05) is 20.4 Å². The lowest BCUT2D eigenvalue weighted by Crippen LogP contribution is -3.08. The van der Waals surface area contributed by atoms with Gasteiger partial charge in [-0.05, 0) is 12.5 Å². The van der Waals surface area contributed by atoms with E-state index in [1.54, 1.807) is 6.92 Å². The Bertz CT molecular complexity index is 574. The second-order valence-corrected chi connectivity index (χ2v) is 5.06. The van der Waals surface area contributed by atoms with Crippen LogP contribution in [0, 0.1) is 0 Å². The number of oxime groups is 1. The summed E-state index contributed by atoms with van der Waals surface area (Å²) >= 11 is 0. The number of hydrogen-bond donors (Lipinski definition) is 3. The summed E-state index contributed by atoms with van der Waals surface area (Å²) in [6.45, 7) is 3.50. The fourth-order valence-electron chi connectivity index (χ4n) is 2.84. The third kappa shape index (κ3) is 2.18. The van der Waals surface area contributed by atoms with Gasteiger partial charge in [-0.3, -0.25) is 0 Å². The Balaban J connectivity index is 0.00000147. The molecule has 7 heteroatoms. The molecule has 1 aromatic carbocycles. The zero-order chi connectivity index (χ0) is 13.6. The quantitative estimate of drug-likeness (QED) is 0.205. The molecule has 0 bridgehead atoms. The lowest BCUT2D eigenvalue weighted by molar-refractivity contribution is -0.895. The molecule has 0 aliphatic carbocycles. The molecule has 0 aromatic heterocycles. The molecule has 2 aliphatic heterocycles. The first-order chi connectivity index (χ1) is 9.13. The Labute approximate surface area is 134 Å². The van der Waals surface area contributed by atoms with E-state index in [0.717, 1.165) is 36.2 Å². The molecule has 1 aromatic rings. The summed E-state index contributed by atoms with van der Waals surface area (Å²) in [6, 6.07) is 0. The number of likely N-dealkylation sites (N-methyl/N-ethyl adjacent to an activating group) is 1. The predicted molar refractivity (Wildman–Crippen MR) is 67.4 cm³/mol. The topological polar surface area (TPSA) is 75.7 Å². The zero-order valence-corrected chi connectivity index (χ0v) is 13.5. The lowest BCUT2D eigenvalue weighted by atomic mass is 9.90. The van der Waals surface area contributed by atoms with Gasteiger partial charge in [-0.15, -0.1) is 0 Å². The summed E-state index contributed by atoms with van der Waals surface area (Å²) < 4.78 is 10.8. The number of rotatable bonds is 1. The van der Waals surface area contributed by atoms with Crippen LogP contribution >= 0.6 is 0 Å². The number of hydrogen-bond acceptors (Lipinski definition) is 5. The van der Waals surface area contributed by atoms with Gasteiger partial charge in [0.1, 0.15) is 6.54 Å². The average molecular weight is 392 g/mol. The Hall–Kier alpha value is -1.22. The number of halogens is 1. The van der Waals surface area contributed by atoms with Gasteiger partial charge in [0.25, 0.3) is 0 Å². The maximum Gasteiger partial charge on any atom is 0.231 e. The predicted octanol–water partition coefficient (Wildman–Crippen LogP) is -3.11. The van der Waals surface area contributed by atoms with Gasteiger partial charge in [0.2, 0.25) is 12.5 Å². The summed E-state index contributed by atoms with van der Waals surface area (Å²) in [4.78, 5) is 1.33. The third-order valence-electron chi connectivity index (χ3n) is 3.80. The first kappa shape index (κ1) is 15.2. The standard InChI is InChI=1S/C13H16N2O4.HI/c1-7(14-17)10-8-3-4-15(2)5-9(8)11(16)13-12(10)18-6-19-13;/h16-17H,3-6H2,1-2H3;1H/b14-7-;. The van der Waals surface area contributed by atoms with E-state index in [2.05, 4.69) is 12.2 Å². The van der Waals surface area contributed by atoms with Crippen LogP contribution in [0.2, 0.25) is 0 Å². The highest BCUT2D eigenvalue weighted by Gasteiger charge is 2.34. The van der Waals surface area contributed by atoms with Crippen LogP contribution in [0.3, 0.4) is 0 Å². The van der Waals surface area contributed by atoms with Crippen molar-refractivity contribution in [3.8, 4) is 17.2 Å². The van der Waals surface area contributed by atoms with Crippen LogP contribution in [0.4, 0.5) is 0 Å². The number of ether oxygens (including phenoxy) is 2. The first-order valence-electron chi connectivity index (χ1n) is 6.30. The van der Waals surface area contributed by atoms with Gasteiger partial charge in [-0.2, -0.15) is 0 Å². The molecule has 3 rings (SSSR count). The van der Waals surface area contributed by atoms with Gasteiger partial charge in [0.05, 0.1) is 24.9 Å². The fourth-order valence-corrected chi connectivity index (χ4v) is 2.84. The molecule has 0 spiro atoms. The van der Waals surface area contributed by atoms with Crippen LogP contribution in [-0.4, -0.2) is 36.4 Å². The van der Waals surface area contributed by atoms with Gasteiger partial charge in [0.15, 0.2) is 11.5 Å². The van der Waals surface area contributed by atoms with Crippen molar-refractivity contribution in [3.63, 3.8) is 0 Å². The van der Waals surface area contributed by atoms with Crippen molar-refractivity contribution in [1.82, 2.24) is 0 Å². The molecule has 2 heterocycles. The highest BCUT2D eigenvalue weighted by Crippen LogP contribution is 2.48. The second kappa shape index (κ2) is 5.65. The van der Waals surface area contributed by atoms with E-state index in [4.69, 9.17) is 14.7 Å². The van der Waals surface area contributed by atoms with E-state index in [9.17, 15) is 5.11 Å². The second-order valence-electron chi connectivity index (χ2n) is 5.06. The van der Waals surface area contributed by atoms with Crippen molar-refractivity contribution < 1.29 is 48.7 Å². The van der Waals surface area contributed by atoms with E-state index >= 15 is 0 Å². The number of nitrogens with one attached hydrogen (secondary N) is 1. The van der Waals surface area contributed by atoms with Crippen molar-refractivity contribution in [3.05, 3.63) is 16.7 Å². The van der Waals surface area contributed by atoms with Gasteiger partial charge in [-0.1, -0.05) is 5.16 Å². The van der Waals surface area contributed by atoms with Gasteiger partial charge in [-0.25, -0.2) is 0 Å². The smallest absolute Gasteiger partial charge is 0.231 e. The van der Waals surface area contributed by atoms with Crippen LogP contribution in [-0.2, 0) is 13.0 Å². The van der Waals surface area contributed by atoms with E-state index < -0.39 is 0 Å². The molecule has 0 radical (unpaired) electrons. The first-order valence-corrected chi connectivity index (χ1v) is 6.30. The number of quaternary nitrogens is 1. The van der Waals surface area contributed by atoms with Gasteiger partial charge < -0.3 is 48.7 Å². The number of nitrogens with zero attached hydrogens (tertiary/aromatic N) is 1. The van der Waals surface area contributed by atoms with E-state index in [1.807, 2.05) is 0 Å². The zero-order valence-electron chi connectivity index (χ0n) is 11.4. The minimum atomic E-state index is 0. The summed E-state index contributed by atoms with van der Waals surface area (Å²) in [5, 5.41) is 22.7. The highest BCUT2D eigenvalue weighted by atomic mass is 127. The van der Waals surface area contributed by atoms with Crippen LogP contribution < -0.4 is 38.4 Å². The Morgan fingerprint density at radius 2 is 1.95 bits per heavy atom. The summed E-state index contributed by atoms with van der Waals surface area (Å²) in [6.07, 6.45) is 0.813. The van der Waals surface area contributed by atoms with Gasteiger partial charge in [0, 0.05) is 12.0 Å². The van der Waals surface area contributed by atoms with Crippen LogP contribution in [0.15, 0.2) is 5.16 Å². The number of phenolic OH excluding ortho intramolecular Hbond substituents is 1. The summed E-state index contributed by atoms with van der Waals surface area (Å²) in [7, 11) is 2.08. The molecule has 6 nitrogen and oxygen atoms in total. The van der Waals surface area contributed by atoms with Crippen LogP contribution in [0.1, 0.15) is 23.6 Å². The molecule has 0 saturated carbocycles. The molecule has 3 N–H and O–H groups in total. The summed E-state index contributed by atoms with van der Waals surface area (Å²) in [5.41, 5.74) is 3.11. The maximum atomic E-state index is 10.3. The van der Waals surface area contributed by atoms with Crippen molar-refractivity contribution in [2.24, 2.45) is 5.16 Å². The summed E-state index contributed by atoms with van der Waals surface area (Å²) in [5.74, 6) is 1.02. The van der Waals surface area contributed by atoms with Crippen molar-refractivity contribution in [2.45, 2.75) is 19.9 Å². The van der Waals surface area contributed by atoms with Crippen LogP contribution in [0.25, 0.3) is 0 Å². The minimum Gasteiger partial charge on any atom is -1.00 e. The number of fused-ring (bicyclic) bond motifs is 2. The number of aromatic hydroxyl groups is 1. The van der Waals surface area contributed by atoms with Gasteiger partial charge >= 0.3 is 0 Å². The molecule has 20 heavy (non-hydrogen) atoms. The minimum absolute atomic E-state index is 0. The van der Waals surface area contributed by atoms with E-state index in [0.29, 0.717) is 17.2 Å². The molecule has 1 atom stereocenters. The monoisotopic (exact) mass is 392 g/mol. The van der Waals surface area contributed by atoms with E-state index in [-0.39, 0.29) is 36.5 Å². The fraction of sp³-hybridized carbons (Fsp3) is 0.462. The Morgan fingerprint density at radius 3 is 2.65 bits per heavy atom. The van der Waals surface area contributed by atoms with Crippen LogP contribution in [0.5, 0.6) is 17.2 Å². The third-order valence-corrected chi connectivity index (χ3v) is 3.80. The molecular formula is C13H17IN2O4. The molecule has 110 valence electrons. The van der Waals surface area contributed by atoms with Crippen molar-refractivity contribution >= 4 is 5.71 Å². The normalized spacial score (nSPS) is 20.3. The SMILES string of the molecule is C/C(=N/O)c1c2c(c(O)c3c1OCO3)C[NH+](C)CC2.[I-].